The van der Waals surface area contributed by atoms with Gasteiger partial charge in [-0.25, -0.2) is 0 Å². The van der Waals surface area contributed by atoms with Crippen LogP contribution in [0.15, 0.2) is 48.9 Å². The molecular formula is C25H25N5O2. The van der Waals surface area contributed by atoms with E-state index in [9.17, 15) is 9.59 Å². The molecule has 2 aromatic heterocycles. The summed E-state index contributed by atoms with van der Waals surface area (Å²) < 4.78 is 1.70. The third-order valence-corrected chi connectivity index (χ3v) is 5.71. The first-order valence-corrected chi connectivity index (χ1v) is 10.5. The molecule has 1 amide bonds. The van der Waals surface area contributed by atoms with Crippen molar-refractivity contribution in [1.82, 2.24) is 24.6 Å². The van der Waals surface area contributed by atoms with E-state index in [4.69, 9.17) is 6.42 Å². The van der Waals surface area contributed by atoms with Gasteiger partial charge in [-0.15, -0.1) is 6.42 Å². The maximum atomic E-state index is 13.4. The van der Waals surface area contributed by atoms with E-state index < -0.39 is 0 Å². The van der Waals surface area contributed by atoms with Crippen molar-refractivity contribution in [2.45, 2.75) is 19.5 Å². The number of rotatable bonds is 5. The molecule has 4 rings (SSSR count). The van der Waals surface area contributed by atoms with Gasteiger partial charge in [0.15, 0.2) is 0 Å². The Balaban J connectivity index is 1.49. The predicted molar refractivity (Wildman–Crippen MR) is 122 cm³/mol. The molecule has 1 fully saturated rings. The molecule has 0 N–H and O–H groups in total. The van der Waals surface area contributed by atoms with Gasteiger partial charge in [0.2, 0.25) is 0 Å². The van der Waals surface area contributed by atoms with Crippen LogP contribution in [0.2, 0.25) is 0 Å². The summed E-state index contributed by atoms with van der Waals surface area (Å²) in [5.41, 5.74) is 4.33. The molecule has 1 aliphatic rings. The second kappa shape index (κ2) is 9.16. The number of aryl methyl sites for hydroxylation is 1. The van der Waals surface area contributed by atoms with Crippen LogP contribution >= 0.6 is 0 Å². The highest BCUT2D eigenvalue weighted by atomic mass is 16.2. The molecule has 0 radical (unpaired) electrons. The van der Waals surface area contributed by atoms with Gasteiger partial charge >= 0.3 is 0 Å². The minimum Gasteiger partial charge on any atom is -0.333 e. The third kappa shape index (κ3) is 4.46. The van der Waals surface area contributed by atoms with Crippen LogP contribution in [0.25, 0.3) is 11.3 Å². The van der Waals surface area contributed by atoms with Crippen molar-refractivity contribution in [3.63, 3.8) is 0 Å². The van der Waals surface area contributed by atoms with Crippen LogP contribution in [0.5, 0.6) is 0 Å². The Morgan fingerprint density at radius 2 is 2.16 bits per heavy atom. The summed E-state index contributed by atoms with van der Waals surface area (Å²) in [5.74, 6) is 2.58. The Morgan fingerprint density at radius 3 is 2.84 bits per heavy atom. The Morgan fingerprint density at radius 1 is 1.31 bits per heavy atom. The molecule has 0 unspecified atom stereocenters. The van der Waals surface area contributed by atoms with Gasteiger partial charge in [-0.2, -0.15) is 5.10 Å². The lowest BCUT2D eigenvalue weighted by atomic mass is 10.0. The zero-order valence-electron chi connectivity index (χ0n) is 18.2. The number of pyridine rings is 1. The number of hydrogen-bond donors (Lipinski definition) is 0. The van der Waals surface area contributed by atoms with E-state index in [1.165, 1.54) is 0 Å². The van der Waals surface area contributed by atoms with Gasteiger partial charge in [-0.1, -0.05) is 5.92 Å². The highest BCUT2D eigenvalue weighted by Crippen LogP contribution is 2.24. The summed E-state index contributed by atoms with van der Waals surface area (Å²) in [6.07, 6.45) is 11.6. The summed E-state index contributed by atoms with van der Waals surface area (Å²) >= 11 is 0. The van der Waals surface area contributed by atoms with Crippen molar-refractivity contribution >= 4 is 12.2 Å². The van der Waals surface area contributed by atoms with Crippen LogP contribution < -0.4 is 0 Å². The minimum atomic E-state index is -0.0262. The van der Waals surface area contributed by atoms with E-state index in [-0.39, 0.29) is 11.9 Å². The first kappa shape index (κ1) is 21.5. The van der Waals surface area contributed by atoms with Gasteiger partial charge in [0.05, 0.1) is 17.5 Å². The third-order valence-electron chi connectivity index (χ3n) is 5.71. The molecule has 0 bridgehead atoms. The first-order valence-electron chi connectivity index (χ1n) is 10.5. The van der Waals surface area contributed by atoms with Gasteiger partial charge in [0.1, 0.15) is 6.29 Å². The molecule has 1 atom stereocenters. The fraction of sp³-hybridized carbons (Fsp3) is 0.280. The molecule has 32 heavy (non-hydrogen) atoms. The maximum absolute atomic E-state index is 13.4. The number of terminal acetylenes is 1. The van der Waals surface area contributed by atoms with E-state index in [1.54, 1.807) is 29.2 Å². The van der Waals surface area contributed by atoms with E-state index in [0.29, 0.717) is 35.5 Å². The number of nitrogens with zero attached hydrogens (tertiary/aromatic N) is 5. The number of benzene rings is 1. The van der Waals surface area contributed by atoms with Gasteiger partial charge in [0, 0.05) is 68.4 Å². The van der Waals surface area contributed by atoms with Crippen LogP contribution in [-0.4, -0.2) is 62.4 Å². The van der Waals surface area contributed by atoms with E-state index in [0.717, 1.165) is 30.5 Å². The molecule has 1 saturated heterocycles. The monoisotopic (exact) mass is 427 g/mol. The molecule has 1 aromatic carbocycles. The molecule has 0 saturated carbocycles. The molecule has 7 nitrogen and oxygen atoms in total. The van der Waals surface area contributed by atoms with Crippen LogP contribution in [0, 0.1) is 12.3 Å². The van der Waals surface area contributed by atoms with Crippen LogP contribution in [0.3, 0.4) is 0 Å². The maximum Gasteiger partial charge on any atom is 0.256 e. The Hall–Kier alpha value is -3.76. The molecule has 0 spiro atoms. The number of aromatic nitrogens is 3. The van der Waals surface area contributed by atoms with Gasteiger partial charge in [-0.3, -0.25) is 24.2 Å². The van der Waals surface area contributed by atoms with Crippen LogP contribution in [0.4, 0.5) is 0 Å². The fourth-order valence-electron chi connectivity index (χ4n) is 4.20. The van der Waals surface area contributed by atoms with Crippen molar-refractivity contribution < 1.29 is 9.59 Å². The molecule has 162 valence electrons. The van der Waals surface area contributed by atoms with Crippen LogP contribution in [-0.2, 0) is 13.6 Å². The summed E-state index contributed by atoms with van der Waals surface area (Å²) in [6, 6.07) is 9.15. The number of amides is 1. The molecular weight excluding hydrogens is 402 g/mol. The fourth-order valence-corrected chi connectivity index (χ4v) is 4.20. The lowest BCUT2D eigenvalue weighted by Gasteiger charge is -2.40. The lowest BCUT2D eigenvalue weighted by Crippen LogP contribution is -2.53. The topological polar surface area (TPSA) is 71.3 Å². The van der Waals surface area contributed by atoms with Gasteiger partial charge < -0.3 is 4.90 Å². The molecule has 0 aliphatic carbocycles. The van der Waals surface area contributed by atoms with E-state index in [2.05, 4.69) is 27.8 Å². The zero-order chi connectivity index (χ0) is 22.7. The average molecular weight is 428 g/mol. The zero-order valence-corrected chi connectivity index (χ0v) is 18.2. The number of carbonyl (C=O) groups is 2. The van der Waals surface area contributed by atoms with Crippen molar-refractivity contribution in [2.24, 2.45) is 7.05 Å². The number of carbonyl (C=O) groups excluding carboxylic acids is 2. The van der Waals surface area contributed by atoms with Crippen molar-refractivity contribution in [2.75, 3.05) is 19.6 Å². The summed E-state index contributed by atoms with van der Waals surface area (Å²) in [5, 5.41) is 4.21. The Bertz CT molecular complexity index is 1190. The lowest BCUT2D eigenvalue weighted by molar-refractivity contribution is 0.0476. The smallest absolute Gasteiger partial charge is 0.256 e. The normalized spacial score (nSPS) is 16.5. The highest BCUT2D eigenvalue weighted by Gasteiger charge is 2.30. The average Bonchev–Trinajstić information content (AvgIpc) is 3.24. The molecule has 7 heteroatoms. The Kier molecular flexibility index (Phi) is 6.15. The number of hydrogen-bond acceptors (Lipinski definition) is 5. The van der Waals surface area contributed by atoms with E-state index in [1.807, 2.05) is 36.3 Å². The summed E-state index contributed by atoms with van der Waals surface area (Å²) in [6.45, 7) is 4.80. The molecule has 1 aliphatic heterocycles. The molecule has 3 aromatic rings. The minimum absolute atomic E-state index is 0.0262. The standard InChI is InChI=1S/C25H25N5O2/c1-4-19-10-20(12-21(11-19)17-31)15-29-8-9-30(18(2)14-29)25(32)23-6-5-7-26-24(23)22-13-27-28(3)16-22/h1,5-7,10-13,16-18H,8-9,14-15H2,2-3H3/t18-/m0/s1. The Labute approximate surface area is 187 Å². The van der Waals surface area contributed by atoms with Crippen molar-refractivity contribution in [3.05, 3.63) is 71.2 Å². The summed E-state index contributed by atoms with van der Waals surface area (Å²) in [4.78, 5) is 33.3. The van der Waals surface area contributed by atoms with Gasteiger partial charge in [0.25, 0.3) is 5.91 Å². The first-order chi connectivity index (χ1) is 15.5. The van der Waals surface area contributed by atoms with E-state index >= 15 is 0 Å². The predicted octanol–water partition coefficient (Wildman–Crippen LogP) is 2.62. The van der Waals surface area contributed by atoms with Crippen molar-refractivity contribution in [3.8, 4) is 23.6 Å². The van der Waals surface area contributed by atoms with Crippen LogP contribution in [0.1, 0.15) is 38.8 Å². The SMILES string of the molecule is C#Cc1cc(C=O)cc(CN2CCN(C(=O)c3cccnc3-c3cnn(C)c3)[C@@H](C)C2)c1. The number of piperazine rings is 1. The second-order valence-electron chi connectivity index (χ2n) is 8.11. The molecule has 3 heterocycles. The highest BCUT2D eigenvalue weighted by molar-refractivity contribution is 6.00. The largest absolute Gasteiger partial charge is 0.333 e. The van der Waals surface area contributed by atoms with Crippen molar-refractivity contribution in [1.29, 1.82) is 0 Å². The second-order valence-corrected chi connectivity index (χ2v) is 8.11. The quantitative estimate of drug-likeness (QED) is 0.462. The van der Waals surface area contributed by atoms with Gasteiger partial charge in [-0.05, 0) is 42.8 Å². The summed E-state index contributed by atoms with van der Waals surface area (Å²) in [7, 11) is 1.84. The number of aldehydes is 1.